The Morgan fingerprint density at radius 1 is 1.24 bits per heavy atom. The Hall–Kier alpha value is -1.72. The minimum Gasteiger partial charge on any atom is -0.383 e. The van der Waals surface area contributed by atoms with Gasteiger partial charge in [0.05, 0.1) is 11.1 Å². The van der Waals surface area contributed by atoms with E-state index in [0.29, 0.717) is 28.1 Å². The molecule has 1 rings (SSSR count). The Morgan fingerprint density at radius 2 is 1.88 bits per heavy atom. The molecule has 88 valence electrons. The molecule has 0 unspecified atom stereocenters. The number of hydrogen-bond donors (Lipinski definition) is 1. The molecule has 0 atom stereocenters. The van der Waals surface area contributed by atoms with Crippen molar-refractivity contribution in [1.82, 2.24) is 4.98 Å². The molecule has 0 radical (unpaired) electrons. The number of anilines is 1. The highest BCUT2D eigenvalue weighted by Crippen LogP contribution is 2.28. The van der Waals surface area contributed by atoms with E-state index in [2.05, 4.69) is 18.0 Å². The van der Waals surface area contributed by atoms with E-state index in [9.17, 15) is 5.26 Å². The highest BCUT2D eigenvalue weighted by molar-refractivity contribution is 7.99. The predicted octanol–water partition coefficient (Wildman–Crippen LogP) is 2.47. The summed E-state index contributed by atoms with van der Waals surface area (Å²) in [7, 11) is 0. The number of pyridine rings is 1. The van der Waals surface area contributed by atoms with Gasteiger partial charge in [0.1, 0.15) is 23.0 Å². The number of rotatable bonds is 4. The van der Waals surface area contributed by atoms with Gasteiger partial charge in [-0.25, -0.2) is 4.98 Å². The summed E-state index contributed by atoms with van der Waals surface area (Å²) in [6.07, 6.45) is 1.61. The summed E-state index contributed by atoms with van der Waals surface area (Å²) in [5, 5.41) is 18.9. The van der Waals surface area contributed by atoms with Crippen LogP contribution >= 0.6 is 11.8 Å². The quantitative estimate of drug-likeness (QED) is 0.825. The molecule has 1 aromatic rings. The molecule has 5 heteroatoms. The molecule has 2 N–H and O–H groups in total. The maximum atomic E-state index is 9.19. The largest absolute Gasteiger partial charge is 0.383 e. The van der Waals surface area contributed by atoms with E-state index in [4.69, 9.17) is 11.0 Å². The highest BCUT2D eigenvalue weighted by atomic mass is 32.2. The molecule has 0 bridgehead atoms. The molecule has 4 nitrogen and oxygen atoms in total. The Kier molecular flexibility index (Phi) is 4.81. The van der Waals surface area contributed by atoms with Crippen molar-refractivity contribution in [3.8, 4) is 12.1 Å². The van der Waals surface area contributed by atoms with E-state index in [1.54, 1.807) is 0 Å². The third kappa shape index (κ3) is 2.69. The van der Waals surface area contributed by atoms with Gasteiger partial charge in [0.2, 0.25) is 0 Å². The Morgan fingerprint density at radius 3 is 2.35 bits per heavy atom. The van der Waals surface area contributed by atoms with Crippen molar-refractivity contribution in [2.24, 2.45) is 0 Å². The van der Waals surface area contributed by atoms with Crippen molar-refractivity contribution >= 4 is 17.6 Å². The normalized spacial score (nSPS) is 9.65. The first-order valence-electron chi connectivity index (χ1n) is 5.44. The lowest BCUT2D eigenvalue weighted by molar-refractivity contribution is 1.02. The molecule has 0 aliphatic carbocycles. The number of nitrogens with two attached hydrogens (primary N) is 1. The van der Waals surface area contributed by atoms with Crippen molar-refractivity contribution in [2.75, 3.05) is 11.5 Å². The second-order valence-electron chi connectivity index (χ2n) is 3.46. The summed E-state index contributed by atoms with van der Waals surface area (Å²) >= 11 is 1.51. The van der Waals surface area contributed by atoms with Gasteiger partial charge in [-0.3, -0.25) is 0 Å². The van der Waals surface area contributed by atoms with Crippen LogP contribution in [0.2, 0.25) is 0 Å². The summed E-state index contributed by atoms with van der Waals surface area (Å²) in [5.74, 6) is 1.11. The van der Waals surface area contributed by atoms with Gasteiger partial charge in [0.25, 0.3) is 0 Å². The zero-order valence-corrected chi connectivity index (χ0v) is 10.8. The second-order valence-corrected chi connectivity index (χ2v) is 4.54. The molecule has 0 saturated heterocycles. The van der Waals surface area contributed by atoms with E-state index in [-0.39, 0.29) is 5.82 Å². The summed E-state index contributed by atoms with van der Waals surface area (Å²) in [6, 6.07) is 4.16. The Balaban J connectivity index is 3.40. The number of nitrogens with zero attached hydrogens (tertiary/aromatic N) is 3. The first-order valence-corrected chi connectivity index (χ1v) is 6.43. The monoisotopic (exact) mass is 246 g/mol. The van der Waals surface area contributed by atoms with Gasteiger partial charge in [0.15, 0.2) is 0 Å². The Labute approximate surface area is 105 Å². The molecule has 0 amide bonds. The number of thioether (sulfide) groups is 1. The maximum Gasteiger partial charge on any atom is 0.143 e. The van der Waals surface area contributed by atoms with Gasteiger partial charge < -0.3 is 5.73 Å². The van der Waals surface area contributed by atoms with Crippen molar-refractivity contribution in [1.29, 1.82) is 10.5 Å². The third-order valence-corrected chi connectivity index (χ3v) is 3.50. The second kappa shape index (κ2) is 6.12. The van der Waals surface area contributed by atoms with Crippen LogP contribution in [0.5, 0.6) is 0 Å². The number of aromatic nitrogens is 1. The van der Waals surface area contributed by atoms with E-state index < -0.39 is 0 Å². The first kappa shape index (κ1) is 13.3. The zero-order chi connectivity index (χ0) is 12.8. The summed E-state index contributed by atoms with van der Waals surface area (Å²) in [6.45, 7) is 3.97. The molecule has 0 spiro atoms. The van der Waals surface area contributed by atoms with Gasteiger partial charge in [-0.15, -0.1) is 11.8 Å². The smallest absolute Gasteiger partial charge is 0.143 e. The lowest BCUT2D eigenvalue weighted by Gasteiger charge is -2.10. The fourth-order valence-corrected chi connectivity index (χ4v) is 2.40. The minimum absolute atomic E-state index is 0.224. The van der Waals surface area contributed by atoms with Crippen molar-refractivity contribution in [3.63, 3.8) is 0 Å². The van der Waals surface area contributed by atoms with Crippen LogP contribution in [0.4, 0.5) is 5.82 Å². The number of nitrogen functional groups attached to an aromatic ring is 1. The van der Waals surface area contributed by atoms with E-state index >= 15 is 0 Å². The summed E-state index contributed by atoms with van der Waals surface area (Å²) < 4.78 is 0. The fourth-order valence-electron chi connectivity index (χ4n) is 1.53. The molecule has 1 heterocycles. The van der Waals surface area contributed by atoms with E-state index in [1.807, 2.05) is 13.0 Å². The van der Waals surface area contributed by atoms with Crippen molar-refractivity contribution in [2.45, 2.75) is 31.7 Å². The molecule has 0 aliphatic rings. The Bertz CT molecular complexity index is 497. The van der Waals surface area contributed by atoms with E-state index in [1.165, 1.54) is 11.8 Å². The van der Waals surface area contributed by atoms with Crippen LogP contribution in [0, 0.1) is 22.7 Å². The molecule has 0 fully saturated rings. The van der Waals surface area contributed by atoms with E-state index in [0.717, 1.165) is 12.2 Å². The molecule has 1 aromatic heterocycles. The minimum atomic E-state index is 0.224. The lowest BCUT2D eigenvalue weighted by Crippen LogP contribution is -2.05. The number of nitriles is 2. The summed E-state index contributed by atoms with van der Waals surface area (Å²) in [4.78, 5) is 4.16. The molecular formula is C12H14N4S. The van der Waals surface area contributed by atoms with Crippen LogP contribution < -0.4 is 5.73 Å². The first-order chi connectivity index (χ1) is 8.19. The van der Waals surface area contributed by atoms with Gasteiger partial charge in [-0.1, -0.05) is 13.8 Å². The van der Waals surface area contributed by atoms with Crippen LogP contribution in [-0.2, 0) is 6.42 Å². The topological polar surface area (TPSA) is 86.5 Å². The zero-order valence-electron chi connectivity index (χ0n) is 9.95. The predicted molar refractivity (Wildman–Crippen MR) is 68.5 cm³/mol. The van der Waals surface area contributed by atoms with Gasteiger partial charge >= 0.3 is 0 Å². The fraction of sp³-hybridized carbons (Fsp3) is 0.417. The molecule has 17 heavy (non-hydrogen) atoms. The molecular weight excluding hydrogens is 232 g/mol. The molecule has 0 aliphatic heterocycles. The van der Waals surface area contributed by atoms with Crippen molar-refractivity contribution < 1.29 is 0 Å². The number of hydrogen-bond acceptors (Lipinski definition) is 5. The average Bonchev–Trinajstić information content (AvgIpc) is 2.35. The summed E-state index contributed by atoms with van der Waals surface area (Å²) in [5.41, 5.74) is 7.29. The standard InChI is InChI=1S/C12H14N4S/c1-3-5-17-12-10(7-14)8(4-2)9(6-13)11(15)16-12/h3-5H2,1-2H3,(H2,15,16). The van der Waals surface area contributed by atoms with Gasteiger partial charge in [-0.05, 0) is 24.2 Å². The highest BCUT2D eigenvalue weighted by Gasteiger charge is 2.17. The van der Waals surface area contributed by atoms with Crippen LogP contribution in [0.3, 0.4) is 0 Å². The average molecular weight is 246 g/mol. The molecule has 0 aromatic carbocycles. The SMILES string of the molecule is CCCSc1nc(N)c(C#N)c(CC)c1C#N. The van der Waals surface area contributed by atoms with Gasteiger partial charge in [0, 0.05) is 0 Å². The van der Waals surface area contributed by atoms with Crippen LogP contribution in [0.1, 0.15) is 37.0 Å². The third-order valence-electron chi connectivity index (χ3n) is 2.32. The van der Waals surface area contributed by atoms with Crippen LogP contribution in [-0.4, -0.2) is 10.7 Å². The van der Waals surface area contributed by atoms with Crippen LogP contribution in [0.25, 0.3) is 0 Å². The lowest BCUT2D eigenvalue weighted by atomic mass is 10.0. The maximum absolute atomic E-state index is 9.19. The van der Waals surface area contributed by atoms with Crippen LogP contribution in [0.15, 0.2) is 5.03 Å². The van der Waals surface area contributed by atoms with Gasteiger partial charge in [-0.2, -0.15) is 10.5 Å². The van der Waals surface area contributed by atoms with Crippen molar-refractivity contribution in [3.05, 3.63) is 16.7 Å². The molecule has 0 saturated carbocycles.